The van der Waals surface area contributed by atoms with Crippen molar-refractivity contribution >= 4 is 67.1 Å². The molecular formula is C45H49ClN6O8S. The number of hydrogen-bond donors (Lipinski definition) is 3. The average molecular weight is 869 g/mol. The summed E-state index contributed by atoms with van der Waals surface area (Å²) in [6, 6.07) is 19.9. The van der Waals surface area contributed by atoms with Gasteiger partial charge in [0, 0.05) is 34.0 Å². The molecule has 320 valence electrons. The van der Waals surface area contributed by atoms with E-state index in [1.165, 1.54) is 11.0 Å². The number of ether oxygens (including phenoxy) is 2. The number of halogens is 1. The van der Waals surface area contributed by atoms with Gasteiger partial charge in [0.05, 0.1) is 17.9 Å². The van der Waals surface area contributed by atoms with E-state index < -0.39 is 62.1 Å². The molecule has 3 N–H and O–H groups in total. The van der Waals surface area contributed by atoms with Gasteiger partial charge in [-0.2, -0.15) is 4.98 Å². The van der Waals surface area contributed by atoms with E-state index in [-0.39, 0.29) is 37.3 Å². The van der Waals surface area contributed by atoms with E-state index in [0.717, 1.165) is 5.39 Å². The summed E-state index contributed by atoms with van der Waals surface area (Å²) in [6.45, 7) is 13.4. The van der Waals surface area contributed by atoms with E-state index in [1.807, 2.05) is 83.1 Å². The molecule has 8 rings (SSSR count). The summed E-state index contributed by atoms with van der Waals surface area (Å²) < 4.78 is 46.7. The highest BCUT2D eigenvalue weighted by Gasteiger charge is 2.62. The van der Waals surface area contributed by atoms with Gasteiger partial charge in [-0.3, -0.25) is 19.1 Å². The molecule has 0 radical (unpaired) electrons. The molecule has 3 fully saturated rings. The fourth-order valence-electron chi connectivity index (χ4n) is 7.81. The van der Waals surface area contributed by atoms with Crippen LogP contribution in [0.1, 0.15) is 60.3 Å². The Morgan fingerprint density at radius 1 is 1.02 bits per heavy atom. The Morgan fingerprint density at radius 3 is 2.36 bits per heavy atom. The van der Waals surface area contributed by atoms with Gasteiger partial charge in [0.2, 0.25) is 27.4 Å². The minimum absolute atomic E-state index is 0.00844. The Hall–Kier alpha value is -5.67. The predicted octanol–water partition coefficient (Wildman–Crippen LogP) is 7.03. The van der Waals surface area contributed by atoms with Crippen LogP contribution in [-0.4, -0.2) is 82.6 Å². The number of likely N-dealkylation sites (tertiary alicyclic amines) is 1. The minimum atomic E-state index is -3.92. The predicted molar refractivity (Wildman–Crippen MR) is 233 cm³/mol. The van der Waals surface area contributed by atoms with Gasteiger partial charge < -0.3 is 29.4 Å². The Morgan fingerprint density at radius 2 is 1.72 bits per heavy atom. The average Bonchev–Trinajstić information content (AvgIpc) is 4.12. The summed E-state index contributed by atoms with van der Waals surface area (Å²) in [5.74, 6) is -1.20. The molecule has 5 aromatic rings. The van der Waals surface area contributed by atoms with Crippen LogP contribution in [0.2, 0.25) is 5.02 Å². The van der Waals surface area contributed by atoms with E-state index in [4.69, 9.17) is 35.5 Å². The normalized spacial score (nSPS) is 21.9. The van der Waals surface area contributed by atoms with Gasteiger partial charge in [-0.05, 0) is 99.2 Å². The van der Waals surface area contributed by atoms with Crippen molar-refractivity contribution in [2.45, 2.75) is 95.4 Å². The fourth-order valence-corrected chi connectivity index (χ4v) is 9.30. The molecule has 1 aliphatic heterocycles. The van der Waals surface area contributed by atoms with Crippen LogP contribution < -0.4 is 24.8 Å². The van der Waals surface area contributed by atoms with E-state index in [2.05, 4.69) is 21.9 Å². The first-order valence-electron chi connectivity index (χ1n) is 20.4. The van der Waals surface area contributed by atoms with Crippen LogP contribution in [0.25, 0.3) is 33.5 Å². The second-order valence-electron chi connectivity index (χ2n) is 17.4. The maximum Gasteiger partial charge on any atom is 0.262 e. The molecule has 2 aromatic heterocycles. The summed E-state index contributed by atoms with van der Waals surface area (Å²) in [4.78, 5) is 54.4. The molecule has 2 saturated carbocycles. The lowest BCUT2D eigenvalue weighted by Gasteiger charge is -2.36. The third kappa shape index (κ3) is 8.63. The zero-order valence-electron chi connectivity index (χ0n) is 34.6. The van der Waals surface area contributed by atoms with Gasteiger partial charge in [0.1, 0.15) is 40.6 Å². The molecular weight excluding hydrogens is 820 g/mol. The van der Waals surface area contributed by atoms with Gasteiger partial charge in [0.15, 0.2) is 5.82 Å². The lowest BCUT2D eigenvalue weighted by Crippen LogP contribution is -2.58. The first-order valence-corrected chi connectivity index (χ1v) is 22.3. The topological polar surface area (TPSA) is 182 Å². The molecule has 2 aliphatic carbocycles. The standard InChI is InChI=1S/C45H49ClN6O8S/c1-7-27-23-45(27,43(55)51-61(56,57)32-20-21-32)50-40(53)34-22-31(24-52(34)42(54)38(44(4,5)6)47-29-16-14-28(46)15-17-29)59-41-37-36(33-10-8-9-11-35(33)60-37)48-39(49-41)26-12-18-30(19-13-26)58-25(2)3/h7-19,25,27,31-32,34,38,47H,1,20-24H2,2-6H3,(H,50,53)(H,51,55)/t27-,31-,34+,38-,45-/m1/s1. The maximum absolute atomic E-state index is 14.9. The van der Waals surface area contributed by atoms with Crippen LogP contribution >= 0.6 is 11.6 Å². The molecule has 61 heavy (non-hydrogen) atoms. The van der Waals surface area contributed by atoms with E-state index in [0.29, 0.717) is 57.4 Å². The van der Waals surface area contributed by atoms with Crippen LogP contribution in [-0.2, 0) is 24.4 Å². The maximum atomic E-state index is 14.9. The Bertz CT molecular complexity index is 2620. The van der Waals surface area contributed by atoms with Crippen LogP contribution in [0.5, 0.6) is 11.6 Å². The highest BCUT2D eigenvalue weighted by Crippen LogP contribution is 2.46. The molecule has 5 atom stereocenters. The second kappa shape index (κ2) is 16.0. The molecule has 3 heterocycles. The number of hydrogen-bond acceptors (Lipinski definition) is 11. The van der Waals surface area contributed by atoms with Gasteiger partial charge in [-0.25, -0.2) is 13.4 Å². The summed E-state index contributed by atoms with van der Waals surface area (Å²) in [6.07, 6.45) is 1.80. The summed E-state index contributed by atoms with van der Waals surface area (Å²) in [7, 11) is -3.92. The van der Waals surface area contributed by atoms with Crippen molar-refractivity contribution in [3.63, 3.8) is 0 Å². The molecule has 14 nitrogen and oxygen atoms in total. The van der Waals surface area contributed by atoms with Crippen molar-refractivity contribution in [3.05, 3.63) is 90.5 Å². The molecule has 0 bridgehead atoms. The lowest BCUT2D eigenvalue weighted by atomic mass is 9.85. The first-order chi connectivity index (χ1) is 29.0. The summed E-state index contributed by atoms with van der Waals surface area (Å²) in [5, 5.41) is 6.85. The van der Waals surface area contributed by atoms with Crippen LogP contribution in [0.15, 0.2) is 89.9 Å². The number of nitrogens with zero attached hydrogens (tertiary/aromatic N) is 3. The van der Waals surface area contributed by atoms with Crippen molar-refractivity contribution in [1.29, 1.82) is 0 Å². The number of anilines is 1. The van der Waals surface area contributed by atoms with Crippen molar-refractivity contribution in [2.24, 2.45) is 11.3 Å². The zero-order valence-corrected chi connectivity index (χ0v) is 36.2. The number of amides is 3. The lowest BCUT2D eigenvalue weighted by molar-refractivity contribution is -0.141. The number of furan rings is 1. The third-order valence-corrected chi connectivity index (χ3v) is 13.4. The Labute approximate surface area is 359 Å². The molecule has 3 aromatic carbocycles. The SMILES string of the molecule is C=C[C@@H]1C[C@]1(NC(=O)[C@@H]1C[C@@H](Oc2nc(-c3ccc(OC(C)C)cc3)nc3c2oc2ccccc23)CN1C(=O)[C@@H](Nc1ccc(Cl)cc1)C(C)(C)C)C(=O)NS(=O)(=O)C1CC1. The minimum Gasteiger partial charge on any atom is -0.491 e. The molecule has 3 aliphatic rings. The van der Waals surface area contributed by atoms with Gasteiger partial charge in [0.25, 0.3) is 11.8 Å². The van der Waals surface area contributed by atoms with Gasteiger partial charge in [-0.15, -0.1) is 6.58 Å². The number of para-hydroxylation sites is 1. The quantitative estimate of drug-likeness (QED) is 0.0975. The van der Waals surface area contributed by atoms with Crippen molar-refractivity contribution in [3.8, 4) is 23.0 Å². The number of sulfonamides is 1. The van der Waals surface area contributed by atoms with Crippen molar-refractivity contribution < 1.29 is 36.7 Å². The highest BCUT2D eigenvalue weighted by molar-refractivity contribution is 7.91. The first kappa shape index (κ1) is 42.0. The van der Waals surface area contributed by atoms with E-state index in [1.54, 1.807) is 24.3 Å². The highest BCUT2D eigenvalue weighted by atomic mass is 35.5. The van der Waals surface area contributed by atoms with Crippen LogP contribution in [0.4, 0.5) is 5.69 Å². The fraction of sp³-hybridized carbons (Fsp3) is 0.400. The molecule has 16 heteroatoms. The second-order valence-corrected chi connectivity index (χ2v) is 19.8. The number of carbonyl (C=O) groups excluding carboxylic acids is 3. The molecule has 1 saturated heterocycles. The van der Waals surface area contributed by atoms with Gasteiger partial charge in [-0.1, -0.05) is 50.6 Å². The van der Waals surface area contributed by atoms with Crippen LogP contribution in [0.3, 0.4) is 0 Å². The number of carbonyl (C=O) groups is 3. The molecule has 0 unspecified atom stereocenters. The third-order valence-electron chi connectivity index (χ3n) is 11.3. The van der Waals surface area contributed by atoms with E-state index in [9.17, 15) is 22.8 Å². The number of nitrogens with one attached hydrogen (secondary N) is 3. The summed E-state index contributed by atoms with van der Waals surface area (Å²) in [5.41, 5.74) is 0.528. The van der Waals surface area contributed by atoms with Crippen molar-refractivity contribution in [1.82, 2.24) is 24.9 Å². The number of fused-ring (bicyclic) bond motifs is 3. The Balaban J connectivity index is 1.14. The molecule has 3 amide bonds. The molecule has 0 spiro atoms. The van der Waals surface area contributed by atoms with E-state index >= 15 is 0 Å². The number of aromatic nitrogens is 2. The van der Waals surface area contributed by atoms with Crippen molar-refractivity contribution in [2.75, 3.05) is 11.9 Å². The Kier molecular flexibility index (Phi) is 11.0. The van der Waals surface area contributed by atoms with Crippen LogP contribution in [0, 0.1) is 11.3 Å². The number of rotatable bonds is 14. The number of benzene rings is 3. The zero-order chi connectivity index (χ0) is 43.4. The monoisotopic (exact) mass is 868 g/mol. The largest absolute Gasteiger partial charge is 0.491 e. The summed E-state index contributed by atoms with van der Waals surface area (Å²) >= 11 is 6.17. The smallest absolute Gasteiger partial charge is 0.262 e. The van der Waals surface area contributed by atoms with Gasteiger partial charge >= 0.3 is 0 Å².